The van der Waals surface area contributed by atoms with Crippen LogP contribution in [0.5, 0.6) is 0 Å². The third-order valence-electron chi connectivity index (χ3n) is 10.1. The van der Waals surface area contributed by atoms with Crippen molar-refractivity contribution in [2.45, 2.75) is 95.3 Å². The standard InChI is InChI=1S/C44H56N6O6S/c1-30(2)40(48-41(52)36-22-21-32-17-9-10-20-35(32)46-36)43(54)47-37(27-31-15-7-6-8-16-31)39(51)29-50-25-23-34(28-38(50)42(53)49-44(3,4)5)57(55,56)26-14-12-19-33-18-11-13-24-45-33/h6-18,20-22,24,30,34,37-40,51H,19,23,25-29H2,1-5H3,(H,47,54)(H,48,52)(H,49,53)/t34-,37?,38?,39?,40?/m1/s1. The minimum Gasteiger partial charge on any atom is -0.390 e. The molecule has 3 heterocycles. The van der Waals surface area contributed by atoms with Crippen LogP contribution in [0.25, 0.3) is 10.9 Å². The van der Waals surface area contributed by atoms with Crippen LogP contribution in [0.15, 0.2) is 103 Å². The van der Waals surface area contributed by atoms with Crippen molar-refractivity contribution in [3.05, 3.63) is 120 Å². The van der Waals surface area contributed by atoms with Crippen molar-refractivity contribution in [3.8, 4) is 0 Å². The number of hydrogen-bond acceptors (Lipinski definition) is 9. The predicted molar refractivity (Wildman–Crippen MR) is 223 cm³/mol. The van der Waals surface area contributed by atoms with Crippen molar-refractivity contribution in [2.75, 3.05) is 18.8 Å². The highest BCUT2D eigenvalue weighted by Gasteiger charge is 2.41. The van der Waals surface area contributed by atoms with E-state index >= 15 is 0 Å². The van der Waals surface area contributed by atoms with E-state index in [1.807, 2.05) is 118 Å². The highest BCUT2D eigenvalue weighted by atomic mass is 32.2. The summed E-state index contributed by atoms with van der Waals surface area (Å²) < 4.78 is 27.2. The number of aromatic nitrogens is 2. The number of fused-ring (bicyclic) bond motifs is 1. The van der Waals surface area contributed by atoms with Gasteiger partial charge in [-0.1, -0.05) is 86.7 Å². The van der Waals surface area contributed by atoms with Gasteiger partial charge in [0.1, 0.15) is 11.7 Å². The lowest BCUT2D eigenvalue weighted by atomic mass is 9.95. The minimum atomic E-state index is -3.60. The second-order valence-electron chi connectivity index (χ2n) is 16.2. The van der Waals surface area contributed by atoms with Crippen LogP contribution in [0.1, 0.15) is 69.2 Å². The summed E-state index contributed by atoms with van der Waals surface area (Å²) in [6.45, 7) is 9.48. The Hall–Kier alpha value is -4.98. The quantitative estimate of drug-likeness (QED) is 0.120. The van der Waals surface area contributed by atoms with E-state index in [1.165, 1.54) is 0 Å². The third kappa shape index (κ3) is 12.5. The molecule has 13 heteroatoms. The van der Waals surface area contributed by atoms with Gasteiger partial charge in [-0.05, 0) is 75.8 Å². The first-order valence-electron chi connectivity index (χ1n) is 19.6. The number of likely N-dealkylation sites (tertiary alicyclic amines) is 1. The van der Waals surface area contributed by atoms with Gasteiger partial charge in [-0.25, -0.2) is 13.4 Å². The van der Waals surface area contributed by atoms with Gasteiger partial charge in [-0.15, -0.1) is 0 Å². The lowest BCUT2D eigenvalue weighted by molar-refractivity contribution is -0.130. The second kappa shape index (κ2) is 19.4. The monoisotopic (exact) mass is 796 g/mol. The van der Waals surface area contributed by atoms with Crippen molar-refractivity contribution in [1.82, 2.24) is 30.8 Å². The van der Waals surface area contributed by atoms with Crippen molar-refractivity contribution < 1.29 is 27.9 Å². The zero-order valence-corrected chi connectivity index (χ0v) is 34.3. The molecule has 0 saturated carbocycles. The van der Waals surface area contributed by atoms with Crippen LogP contribution in [0.3, 0.4) is 0 Å². The number of aliphatic hydroxyl groups is 1. The summed E-state index contributed by atoms with van der Waals surface area (Å²) in [6, 6.07) is 23.3. The summed E-state index contributed by atoms with van der Waals surface area (Å²) in [7, 11) is -3.60. The number of nitrogens with zero attached hydrogens (tertiary/aromatic N) is 3. The van der Waals surface area contributed by atoms with Gasteiger partial charge in [0.05, 0.1) is 34.7 Å². The lowest BCUT2D eigenvalue weighted by Crippen LogP contribution is -2.60. The van der Waals surface area contributed by atoms with Gasteiger partial charge < -0.3 is 21.1 Å². The number of sulfone groups is 1. The van der Waals surface area contributed by atoms with Crippen molar-refractivity contribution >= 4 is 38.5 Å². The van der Waals surface area contributed by atoms with Crippen LogP contribution in [0.4, 0.5) is 0 Å². The molecule has 2 aromatic heterocycles. The predicted octanol–water partition coefficient (Wildman–Crippen LogP) is 4.43. The number of amides is 3. The van der Waals surface area contributed by atoms with Crippen LogP contribution < -0.4 is 16.0 Å². The largest absolute Gasteiger partial charge is 0.390 e. The third-order valence-corrected chi connectivity index (χ3v) is 12.2. The molecule has 5 rings (SSSR count). The molecule has 4 unspecified atom stereocenters. The number of piperidine rings is 1. The Bertz CT molecular complexity index is 2110. The Labute approximate surface area is 336 Å². The summed E-state index contributed by atoms with van der Waals surface area (Å²) in [5.74, 6) is -1.75. The van der Waals surface area contributed by atoms with Crippen molar-refractivity contribution in [1.29, 1.82) is 0 Å². The Balaban J connectivity index is 1.32. The van der Waals surface area contributed by atoms with Gasteiger partial charge >= 0.3 is 0 Å². The van der Waals surface area contributed by atoms with E-state index in [4.69, 9.17) is 0 Å². The fourth-order valence-electron chi connectivity index (χ4n) is 7.05. The molecule has 304 valence electrons. The van der Waals surface area contributed by atoms with E-state index in [9.17, 15) is 27.9 Å². The summed E-state index contributed by atoms with van der Waals surface area (Å²) in [5, 5.41) is 20.9. The van der Waals surface area contributed by atoms with Gasteiger partial charge in [-0.3, -0.25) is 24.3 Å². The molecule has 12 nitrogen and oxygen atoms in total. The summed E-state index contributed by atoms with van der Waals surface area (Å²) in [5.41, 5.74) is 1.96. The molecule has 3 amide bonds. The topological polar surface area (TPSA) is 171 Å². The molecular weight excluding hydrogens is 741 g/mol. The molecule has 57 heavy (non-hydrogen) atoms. The van der Waals surface area contributed by atoms with Gasteiger partial charge in [0.15, 0.2) is 9.84 Å². The number of pyridine rings is 2. The molecule has 0 spiro atoms. The number of carbonyl (C=O) groups excluding carboxylic acids is 3. The van der Waals surface area contributed by atoms with Gasteiger partial charge in [-0.2, -0.15) is 0 Å². The maximum absolute atomic E-state index is 14.0. The molecule has 4 aromatic rings. The molecule has 5 atom stereocenters. The first-order chi connectivity index (χ1) is 27.1. The van der Waals surface area contributed by atoms with E-state index in [-0.39, 0.29) is 55.6 Å². The van der Waals surface area contributed by atoms with Crippen molar-refractivity contribution in [3.63, 3.8) is 0 Å². The normalized spacial score (nSPS) is 18.2. The zero-order chi connectivity index (χ0) is 41.2. The van der Waals surface area contributed by atoms with E-state index in [0.29, 0.717) is 11.9 Å². The molecule has 1 fully saturated rings. The molecular formula is C44H56N6O6S. The number of β-amino-alcohol motifs (C(OH)–C–C–N with tert-alkyl or cyclic N) is 1. The number of rotatable bonds is 16. The average Bonchev–Trinajstić information content (AvgIpc) is 3.18. The number of benzene rings is 2. The van der Waals surface area contributed by atoms with Gasteiger partial charge in [0.2, 0.25) is 11.8 Å². The number of hydrogen-bond donors (Lipinski definition) is 4. The van der Waals surface area contributed by atoms with Crippen LogP contribution in [-0.4, -0.2) is 100.0 Å². The number of allylic oxidation sites excluding steroid dienone is 1. The van der Waals surface area contributed by atoms with E-state index in [2.05, 4.69) is 25.9 Å². The van der Waals surface area contributed by atoms with Gasteiger partial charge in [0.25, 0.3) is 5.91 Å². The number of carbonyl (C=O) groups is 3. The average molecular weight is 797 g/mol. The molecule has 2 aromatic carbocycles. The Kier molecular flexibility index (Phi) is 14.7. The molecule has 4 N–H and O–H groups in total. The number of nitrogens with one attached hydrogen (secondary N) is 3. The summed E-state index contributed by atoms with van der Waals surface area (Å²) in [4.78, 5) is 51.8. The molecule has 1 aliphatic rings. The Morgan fingerprint density at radius 3 is 2.35 bits per heavy atom. The first-order valence-corrected chi connectivity index (χ1v) is 21.3. The highest BCUT2D eigenvalue weighted by Crippen LogP contribution is 2.26. The molecule has 1 saturated heterocycles. The molecule has 0 radical (unpaired) electrons. The highest BCUT2D eigenvalue weighted by molar-refractivity contribution is 7.92. The number of aliphatic hydroxyl groups excluding tert-OH is 1. The Morgan fingerprint density at radius 1 is 0.930 bits per heavy atom. The number of para-hydroxylation sites is 1. The maximum atomic E-state index is 14.0. The summed E-state index contributed by atoms with van der Waals surface area (Å²) in [6.07, 6.45) is 5.10. The van der Waals surface area contributed by atoms with Crippen LogP contribution in [-0.2, 0) is 32.3 Å². The van der Waals surface area contributed by atoms with Crippen molar-refractivity contribution in [2.24, 2.45) is 5.92 Å². The van der Waals surface area contributed by atoms with Crippen LogP contribution >= 0.6 is 0 Å². The Morgan fingerprint density at radius 2 is 1.65 bits per heavy atom. The van der Waals surface area contributed by atoms with Crippen LogP contribution in [0.2, 0.25) is 0 Å². The zero-order valence-electron chi connectivity index (χ0n) is 33.5. The maximum Gasteiger partial charge on any atom is 0.270 e. The SMILES string of the molecule is CC(C)C(NC(=O)c1ccc2ccccc2n1)C(=O)NC(Cc1ccccc1)C(O)CN1CC[C@@H](S(=O)(=O)CC=CCc2ccccn2)CC1C(=O)NC(C)(C)C. The minimum absolute atomic E-state index is 0.00350. The van der Waals surface area contributed by atoms with Gasteiger partial charge in [0, 0.05) is 42.3 Å². The van der Waals surface area contributed by atoms with E-state index in [0.717, 1.165) is 16.6 Å². The van der Waals surface area contributed by atoms with E-state index < -0.39 is 56.7 Å². The fraction of sp³-hybridized carbons (Fsp3) is 0.432. The van der Waals surface area contributed by atoms with E-state index in [1.54, 1.807) is 24.4 Å². The lowest BCUT2D eigenvalue weighted by Gasteiger charge is -2.41. The molecule has 0 bridgehead atoms. The fourth-order valence-corrected chi connectivity index (χ4v) is 8.66. The molecule has 0 aliphatic carbocycles. The second-order valence-corrected chi connectivity index (χ2v) is 18.5. The van der Waals surface area contributed by atoms with Crippen LogP contribution in [0, 0.1) is 5.92 Å². The summed E-state index contributed by atoms with van der Waals surface area (Å²) >= 11 is 0. The smallest absolute Gasteiger partial charge is 0.270 e. The first kappa shape index (κ1) is 43.1. The molecule has 1 aliphatic heterocycles.